The van der Waals surface area contributed by atoms with Gasteiger partial charge in [-0.3, -0.25) is 0 Å². The van der Waals surface area contributed by atoms with E-state index in [1.807, 2.05) is 0 Å². The van der Waals surface area contributed by atoms with Crippen LogP contribution in [0.25, 0.3) is 72.3 Å². The van der Waals surface area contributed by atoms with Crippen molar-refractivity contribution in [1.29, 1.82) is 0 Å². The SMILES string of the molecule is C=CC1=C(/C=C\C)C2(c3ccccc31)c1ccccc1-c1ccc(N(c3ccc(-c4ccc5c(c4)C4(c6ccccc6-c6ccccc64)c4ccccc4-5)cc3)c3ccc4c(c3)C3(c5ccccc5-c5ccccc53)c3ccccc3-4)cc12. The predicted octanol–water partition coefficient (Wildman–Crippen LogP) is 20.4. The molecule has 0 bridgehead atoms. The molecule has 3 spiro atoms. The first-order valence-corrected chi connectivity index (χ1v) is 29.2. The minimum Gasteiger partial charge on any atom is -0.310 e. The van der Waals surface area contributed by atoms with E-state index < -0.39 is 16.2 Å². The van der Waals surface area contributed by atoms with Crippen LogP contribution in [0.2, 0.25) is 0 Å². The number of rotatable bonds is 6. The second-order valence-electron chi connectivity index (χ2n) is 23.2. The van der Waals surface area contributed by atoms with E-state index in [2.05, 4.69) is 310 Å². The number of nitrogens with zero attached hydrogens (tertiary/aromatic N) is 1. The number of anilines is 3. The van der Waals surface area contributed by atoms with Crippen molar-refractivity contribution in [3.63, 3.8) is 0 Å². The second-order valence-corrected chi connectivity index (χ2v) is 23.2. The van der Waals surface area contributed by atoms with Gasteiger partial charge in [-0.15, -0.1) is 0 Å². The molecule has 0 aliphatic heterocycles. The number of allylic oxidation sites excluding steroid dienone is 5. The van der Waals surface area contributed by atoms with E-state index in [4.69, 9.17) is 0 Å². The number of benzene rings is 12. The number of hydrogen-bond donors (Lipinski definition) is 0. The van der Waals surface area contributed by atoms with E-state index >= 15 is 0 Å². The minimum atomic E-state index is -0.560. The molecule has 1 atom stereocenters. The van der Waals surface area contributed by atoms with Crippen LogP contribution in [-0.4, -0.2) is 0 Å². The lowest BCUT2D eigenvalue weighted by atomic mass is 9.69. The summed E-state index contributed by atoms with van der Waals surface area (Å²) in [6.07, 6.45) is 6.61. The van der Waals surface area contributed by atoms with Crippen LogP contribution < -0.4 is 4.90 Å². The van der Waals surface area contributed by atoms with E-state index in [1.165, 1.54) is 145 Å². The van der Waals surface area contributed by atoms with Gasteiger partial charge in [-0.2, -0.15) is 0 Å². The van der Waals surface area contributed by atoms with Gasteiger partial charge in [0.25, 0.3) is 0 Å². The Morgan fingerprint density at radius 2 is 0.566 bits per heavy atom. The molecule has 6 aliphatic carbocycles. The van der Waals surface area contributed by atoms with Crippen molar-refractivity contribution in [2.45, 2.75) is 23.2 Å². The second kappa shape index (κ2) is 16.9. The van der Waals surface area contributed by atoms with Crippen molar-refractivity contribution in [1.82, 2.24) is 0 Å². The van der Waals surface area contributed by atoms with Crippen LogP contribution >= 0.6 is 0 Å². The third kappa shape index (κ3) is 5.67. The summed E-state index contributed by atoms with van der Waals surface area (Å²) in [5.41, 5.74) is 35.4. The van der Waals surface area contributed by atoms with Crippen molar-refractivity contribution in [2.24, 2.45) is 0 Å². The smallest absolute Gasteiger partial charge is 0.0726 e. The fourth-order valence-electron chi connectivity index (χ4n) is 16.9. The topological polar surface area (TPSA) is 3.24 Å². The fraction of sp³-hybridized carbons (Fsp3) is 0.0488. The van der Waals surface area contributed by atoms with Crippen LogP contribution in [0.4, 0.5) is 17.1 Å². The zero-order valence-corrected chi connectivity index (χ0v) is 45.9. The minimum absolute atomic E-state index is 0.421. The third-order valence-corrected chi connectivity index (χ3v) is 19.8. The van der Waals surface area contributed by atoms with Crippen molar-refractivity contribution >= 4 is 22.6 Å². The highest BCUT2D eigenvalue weighted by molar-refractivity contribution is 6.01. The van der Waals surface area contributed by atoms with E-state index in [0.29, 0.717) is 0 Å². The summed E-state index contributed by atoms with van der Waals surface area (Å²) in [4.78, 5) is 2.53. The molecule has 12 aromatic carbocycles. The number of hydrogen-bond acceptors (Lipinski definition) is 1. The molecular formula is C82H53N. The van der Waals surface area contributed by atoms with Crippen LogP contribution in [0.1, 0.15) is 73.7 Å². The molecule has 12 aromatic rings. The van der Waals surface area contributed by atoms with Gasteiger partial charge in [0.2, 0.25) is 0 Å². The standard InChI is InChI=1S/C82H53N/c1-3-21-68-56(4-2)57-22-5-13-30-69(57)80(68)74-35-18-11-28-63(74)66-46-43-54(49-78(66)80)83(55-44-47-67-64-29-12-20-37-76(64)82(79(67)50-55)72-33-16-8-25-60(72)61-26-9-17-34-73(61)82)53-41-38-51(39-42-53)52-40-45-65-62-27-10-19-36-75(62)81(77(65)48-52)70-31-14-6-23-58(70)59-24-7-15-32-71(59)81/h3-50H,2H2,1H3/b21-3-. The van der Waals surface area contributed by atoms with Gasteiger partial charge in [0, 0.05) is 17.1 Å². The predicted molar refractivity (Wildman–Crippen MR) is 343 cm³/mol. The van der Waals surface area contributed by atoms with E-state index in [1.54, 1.807) is 0 Å². The summed E-state index contributed by atoms with van der Waals surface area (Å²) >= 11 is 0. The molecule has 0 N–H and O–H groups in total. The van der Waals surface area contributed by atoms with Gasteiger partial charge in [0.05, 0.1) is 16.2 Å². The van der Waals surface area contributed by atoms with E-state index in [-0.39, 0.29) is 0 Å². The Labute approximate surface area is 484 Å². The maximum absolute atomic E-state index is 4.46. The molecule has 6 aliphatic rings. The lowest BCUT2D eigenvalue weighted by Gasteiger charge is -2.34. The highest BCUT2D eigenvalue weighted by Gasteiger charge is 2.55. The molecule has 0 aromatic heterocycles. The van der Waals surface area contributed by atoms with Crippen LogP contribution in [0.15, 0.2) is 303 Å². The van der Waals surface area contributed by atoms with Crippen molar-refractivity contribution < 1.29 is 0 Å². The van der Waals surface area contributed by atoms with Crippen molar-refractivity contribution in [2.75, 3.05) is 4.90 Å². The van der Waals surface area contributed by atoms with Crippen LogP contribution in [0.3, 0.4) is 0 Å². The molecule has 1 unspecified atom stereocenters. The molecule has 386 valence electrons. The summed E-state index contributed by atoms with van der Waals surface area (Å²) in [7, 11) is 0. The molecule has 0 heterocycles. The molecule has 0 fully saturated rings. The molecule has 0 saturated carbocycles. The van der Waals surface area contributed by atoms with Crippen molar-refractivity contribution in [3.8, 4) is 66.8 Å². The first kappa shape index (κ1) is 46.4. The van der Waals surface area contributed by atoms with Gasteiger partial charge in [-0.05, 0) is 194 Å². The maximum Gasteiger partial charge on any atom is 0.0726 e. The summed E-state index contributed by atoms with van der Waals surface area (Å²) in [5.74, 6) is 0. The third-order valence-electron chi connectivity index (χ3n) is 19.8. The molecule has 0 amide bonds. The summed E-state index contributed by atoms with van der Waals surface area (Å²) in [6.45, 7) is 6.60. The zero-order chi connectivity index (χ0) is 54.8. The molecular weight excluding hydrogens is 999 g/mol. The Bertz CT molecular complexity index is 4780. The Morgan fingerprint density at radius 1 is 0.277 bits per heavy atom. The highest BCUT2D eigenvalue weighted by Crippen LogP contribution is 2.67. The average molecular weight is 1050 g/mol. The lowest BCUT2D eigenvalue weighted by molar-refractivity contribution is 0.785. The molecule has 18 rings (SSSR count). The Balaban J connectivity index is 0.857. The fourth-order valence-corrected chi connectivity index (χ4v) is 16.9. The lowest BCUT2D eigenvalue weighted by Crippen LogP contribution is -2.27. The van der Waals surface area contributed by atoms with Gasteiger partial charge in [-0.25, -0.2) is 0 Å². The van der Waals surface area contributed by atoms with E-state index in [0.717, 1.165) is 17.1 Å². The van der Waals surface area contributed by atoms with Crippen molar-refractivity contribution in [3.05, 3.63) is 370 Å². The molecule has 1 heteroatoms. The van der Waals surface area contributed by atoms with Crippen LogP contribution in [0.5, 0.6) is 0 Å². The maximum atomic E-state index is 4.46. The van der Waals surface area contributed by atoms with Gasteiger partial charge >= 0.3 is 0 Å². The summed E-state index contributed by atoms with van der Waals surface area (Å²) in [6, 6.07) is 104. The summed E-state index contributed by atoms with van der Waals surface area (Å²) < 4.78 is 0. The van der Waals surface area contributed by atoms with Gasteiger partial charge in [0.1, 0.15) is 0 Å². The quantitative estimate of drug-likeness (QED) is 0.160. The monoisotopic (exact) mass is 1050 g/mol. The molecule has 1 nitrogen and oxygen atoms in total. The van der Waals surface area contributed by atoms with Crippen LogP contribution in [0, 0.1) is 0 Å². The molecule has 0 saturated heterocycles. The summed E-state index contributed by atoms with van der Waals surface area (Å²) in [5, 5.41) is 0. The average Bonchev–Trinajstić information content (AvgIpc) is 1.89. The van der Waals surface area contributed by atoms with Gasteiger partial charge in [-0.1, -0.05) is 255 Å². The zero-order valence-electron chi connectivity index (χ0n) is 45.9. The molecule has 0 radical (unpaired) electrons. The normalized spacial score (nSPS) is 16.4. The van der Waals surface area contributed by atoms with E-state index in [9.17, 15) is 0 Å². The Hall–Kier alpha value is -10.3. The van der Waals surface area contributed by atoms with Gasteiger partial charge in [0.15, 0.2) is 0 Å². The van der Waals surface area contributed by atoms with Crippen LogP contribution in [-0.2, 0) is 16.2 Å². The Kier molecular flexibility index (Phi) is 9.43. The van der Waals surface area contributed by atoms with Gasteiger partial charge < -0.3 is 4.90 Å². The first-order chi connectivity index (χ1) is 41.1. The molecule has 83 heavy (non-hydrogen) atoms. The number of fused-ring (bicyclic) bond motifs is 27. The largest absolute Gasteiger partial charge is 0.310 e. The Morgan fingerprint density at radius 3 is 0.952 bits per heavy atom. The first-order valence-electron chi connectivity index (χ1n) is 29.2. The highest BCUT2D eigenvalue weighted by atomic mass is 15.1.